The van der Waals surface area contributed by atoms with Gasteiger partial charge in [-0.1, -0.05) is 6.92 Å². The average Bonchev–Trinajstić information content (AvgIpc) is 3.06. The zero-order valence-corrected chi connectivity index (χ0v) is 16.1. The van der Waals surface area contributed by atoms with Gasteiger partial charge in [0.2, 0.25) is 5.91 Å². The first kappa shape index (κ1) is 19.7. The van der Waals surface area contributed by atoms with E-state index in [0.29, 0.717) is 6.54 Å². The minimum atomic E-state index is -0.163. The van der Waals surface area contributed by atoms with Crippen molar-refractivity contribution in [1.29, 1.82) is 0 Å². The van der Waals surface area contributed by atoms with Gasteiger partial charge in [-0.3, -0.25) is 4.79 Å². The normalized spacial score (nSPS) is 17.2. The van der Waals surface area contributed by atoms with Crippen LogP contribution in [0, 0.1) is 5.92 Å². The zero-order valence-electron chi connectivity index (χ0n) is 14.5. The maximum Gasteiger partial charge on any atom is 0.224 e. The van der Waals surface area contributed by atoms with Gasteiger partial charge in [0.25, 0.3) is 0 Å². The number of carbonyl (C=O) groups is 1. The van der Waals surface area contributed by atoms with Crippen LogP contribution in [0.5, 0.6) is 5.75 Å². The predicted octanol–water partition coefficient (Wildman–Crippen LogP) is 3.33. The summed E-state index contributed by atoms with van der Waals surface area (Å²) in [7, 11) is 1.66. The monoisotopic (exact) mass is 381 g/mol. The summed E-state index contributed by atoms with van der Waals surface area (Å²) in [6, 6.07) is 7.98. The molecular weight excluding hydrogens is 358 g/mol. The van der Waals surface area contributed by atoms with Crippen molar-refractivity contribution in [3.05, 3.63) is 34.8 Å². The van der Waals surface area contributed by atoms with Crippen LogP contribution < -0.4 is 15.8 Å². The summed E-state index contributed by atoms with van der Waals surface area (Å²) in [5.41, 5.74) is 7.79. The van der Waals surface area contributed by atoms with Crippen molar-refractivity contribution in [2.45, 2.75) is 32.2 Å². The average molecular weight is 382 g/mol. The second kappa shape index (κ2) is 8.65. The molecule has 0 aliphatic heterocycles. The first-order valence-corrected chi connectivity index (χ1v) is 9.08. The van der Waals surface area contributed by atoms with Crippen LogP contribution in [0.1, 0.15) is 36.4 Å². The van der Waals surface area contributed by atoms with Crippen LogP contribution in [0.2, 0.25) is 0 Å². The highest BCUT2D eigenvalue weighted by Crippen LogP contribution is 2.38. The van der Waals surface area contributed by atoms with Gasteiger partial charge in [-0.05, 0) is 43.5 Å². The Balaban J connectivity index is 0.00000225. The second-order valence-corrected chi connectivity index (χ2v) is 7.18. The lowest BCUT2D eigenvalue weighted by Crippen LogP contribution is -2.36. The van der Waals surface area contributed by atoms with Gasteiger partial charge in [0.1, 0.15) is 10.8 Å². The van der Waals surface area contributed by atoms with E-state index < -0.39 is 0 Å². The van der Waals surface area contributed by atoms with Gasteiger partial charge in [0.05, 0.1) is 23.7 Å². The molecule has 25 heavy (non-hydrogen) atoms. The zero-order chi connectivity index (χ0) is 17.1. The number of thiazole rings is 1. The van der Waals surface area contributed by atoms with E-state index in [1.54, 1.807) is 18.4 Å². The molecule has 1 heterocycles. The number of nitrogens with two attached hydrogens (primary N) is 1. The SMILES string of the molecule is COc1ccc(-c2nc3c(s2)C(NC(=O)C(C)CN)CCC3)cc1.Cl. The van der Waals surface area contributed by atoms with Gasteiger partial charge in [-0.2, -0.15) is 0 Å². The first-order valence-electron chi connectivity index (χ1n) is 8.26. The molecule has 3 N–H and O–H groups in total. The number of ether oxygens (including phenoxy) is 1. The Hall–Kier alpha value is -1.63. The van der Waals surface area contributed by atoms with Crippen molar-refractivity contribution in [2.75, 3.05) is 13.7 Å². The third kappa shape index (κ3) is 4.32. The highest BCUT2D eigenvalue weighted by atomic mass is 35.5. The van der Waals surface area contributed by atoms with E-state index in [2.05, 4.69) is 5.32 Å². The molecule has 1 amide bonds. The van der Waals surface area contributed by atoms with Crippen LogP contribution in [-0.4, -0.2) is 24.5 Å². The minimum absolute atomic E-state index is 0. The molecule has 0 saturated carbocycles. The number of nitrogens with one attached hydrogen (secondary N) is 1. The van der Waals surface area contributed by atoms with E-state index in [-0.39, 0.29) is 30.3 Å². The fraction of sp³-hybridized carbons (Fsp3) is 0.444. The van der Waals surface area contributed by atoms with Gasteiger partial charge in [-0.15, -0.1) is 23.7 Å². The van der Waals surface area contributed by atoms with Crippen molar-refractivity contribution in [1.82, 2.24) is 10.3 Å². The number of fused-ring (bicyclic) bond motifs is 1. The lowest BCUT2D eigenvalue weighted by Gasteiger charge is -2.23. The maximum atomic E-state index is 12.2. The Bertz CT molecular complexity index is 718. The lowest BCUT2D eigenvalue weighted by molar-refractivity contribution is -0.125. The van der Waals surface area contributed by atoms with Crippen LogP contribution >= 0.6 is 23.7 Å². The molecule has 2 atom stereocenters. The molecule has 0 radical (unpaired) electrons. The van der Waals surface area contributed by atoms with E-state index >= 15 is 0 Å². The summed E-state index contributed by atoms with van der Waals surface area (Å²) < 4.78 is 5.21. The van der Waals surface area contributed by atoms with Gasteiger partial charge in [0.15, 0.2) is 0 Å². The number of aryl methyl sites for hydroxylation is 1. The number of benzene rings is 1. The minimum Gasteiger partial charge on any atom is -0.497 e. The molecule has 1 aliphatic rings. The number of carbonyl (C=O) groups excluding carboxylic acids is 1. The number of nitrogens with zero attached hydrogens (tertiary/aromatic N) is 1. The van der Waals surface area contributed by atoms with Crippen LogP contribution in [0.4, 0.5) is 0 Å². The third-order valence-corrected chi connectivity index (χ3v) is 5.67. The molecule has 5 nitrogen and oxygen atoms in total. The van der Waals surface area contributed by atoms with E-state index in [1.165, 1.54) is 4.88 Å². The first-order chi connectivity index (χ1) is 11.6. The summed E-state index contributed by atoms with van der Waals surface area (Å²) >= 11 is 1.67. The number of halogens is 1. The van der Waals surface area contributed by atoms with Crippen molar-refractivity contribution in [3.8, 4) is 16.3 Å². The molecule has 3 rings (SSSR count). The standard InChI is InChI=1S/C18H23N3O2S.ClH/c1-11(10-19)17(22)20-14-4-3-5-15-16(14)24-18(21-15)12-6-8-13(23-2)9-7-12;/h6-9,11,14H,3-5,10,19H2,1-2H3,(H,20,22);1H. The molecular formula is C18H24ClN3O2S. The van der Waals surface area contributed by atoms with Crippen LogP contribution in [0.25, 0.3) is 10.6 Å². The molecule has 0 saturated heterocycles. The Morgan fingerprint density at radius 1 is 1.44 bits per heavy atom. The summed E-state index contributed by atoms with van der Waals surface area (Å²) in [6.45, 7) is 2.22. The van der Waals surface area contributed by atoms with Crippen LogP contribution in [-0.2, 0) is 11.2 Å². The fourth-order valence-electron chi connectivity index (χ4n) is 2.84. The van der Waals surface area contributed by atoms with E-state index in [4.69, 9.17) is 15.5 Å². The van der Waals surface area contributed by atoms with Gasteiger partial charge < -0.3 is 15.8 Å². The van der Waals surface area contributed by atoms with Crippen LogP contribution in [0.3, 0.4) is 0 Å². The summed E-state index contributed by atoms with van der Waals surface area (Å²) in [5.74, 6) is 0.695. The number of hydrogen-bond donors (Lipinski definition) is 2. The summed E-state index contributed by atoms with van der Waals surface area (Å²) in [4.78, 5) is 18.2. The largest absolute Gasteiger partial charge is 0.497 e. The summed E-state index contributed by atoms with van der Waals surface area (Å²) in [5, 5.41) is 4.14. The van der Waals surface area contributed by atoms with Crippen molar-refractivity contribution in [2.24, 2.45) is 11.7 Å². The van der Waals surface area contributed by atoms with Gasteiger partial charge in [-0.25, -0.2) is 4.98 Å². The predicted molar refractivity (Wildman–Crippen MR) is 103 cm³/mol. The molecule has 2 aromatic rings. The molecule has 0 spiro atoms. The Labute approximate surface area is 158 Å². The van der Waals surface area contributed by atoms with Gasteiger partial charge in [0, 0.05) is 18.0 Å². The van der Waals surface area contributed by atoms with E-state index in [0.717, 1.165) is 41.3 Å². The maximum absolute atomic E-state index is 12.2. The quantitative estimate of drug-likeness (QED) is 0.832. The Morgan fingerprint density at radius 3 is 2.80 bits per heavy atom. The van der Waals surface area contributed by atoms with Crippen molar-refractivity contribution >= 4 is 29.7 Å². The topological polar surface area (TPSA) is 77.2 Å². The molecule has 0 bridgehead atoms. The number of hydrogen-bond acceptors (Lipinski definition) is 5. The number of amides is 1. The molecule has 1 aliphatic carbocycles. The van der Waals surface area contributed by atoms with Crippen molar-refractivity contribution < 1.29 is 9.53 Å². The van der Waals surface area contributed by atoms with E-state index in [1.807, 2.05) is 31.2 Å². The molecule has 7 heteroatoms. The van der Waals surface area contributed by atoms with Crippen molar-refractivity contribution in [3.63, 3.8) is 0 Å². The number of aromatic nitrogens is 1. The molecule has 1 aromatic carbocycles. The molecule has 136 valence electrons. The Kier molecular flexibility index (Phi) is 6.81. The van der Waals surface area contributed by atoms with Crippen LogP contribution in [0.15, 0.2) is 24.3 Å². The summed E-state index contributed by atoms with van der Waals surface area (Å²) in [6.07, 6.45) is 2.97. The third-order valence-electron chi connectivity index (χ3n) is 4.41. The highest BCUT2D eigenvalue weighted by Gasteiger charge is 2.27. The smallest absolute Gasteiger partial charge is 0.224 e. The molecule has 1 aromatic heterocycles. The second-order valence-electron chi connectivity index (χ2n) is 6.15. The van der Waals surface area contributed by atoms with E-state index in [9.17, 15) is 4.79 Å². The highest BCUT2D eigenvalue weighted by molar-refractivity contribution is 7.15. The fourth-order valence-corrected chi connectivity index (χ4v) is 4.04. The Morgan fingerprint density at radius 2 is 2.16 bits per heavy atom. The molecule has 2 unspecified atom stereocenters. The number of rotatable bonds is 5. The van der Waals surface area contributed by atoms with Gasteiger partial charge >= 0.3 is 0 Å². The number of methoxy groups -OCH3 is 1. The molecule has 0 fully saturated rings. The lowest BCUT2D eigenvalue weighted by atomic mass is 9.97.